The number of benzene rings is 1. The van der Waals surface area contributed by atoms with Gasteiger partial charge >= 0.3 is 0 Å². The zero-order chi connectivity index (χ0) is 14.1. The molecule has 0 spiro atoms. The molecular formula is C16H20ClN3. The Morgan fingerprint density at radius 2 is 2.05 bits per heavy atom. The number of nitrogens with one attached hydrogen (secondary N) is 1. The monoisotopic (exact) mass is 289 g/mol. The van der Waals surface area contributed by atoms with Gasteiger partial charge in [0, 0.05) is 17.5 Å². The molecule has 1 aliphatic carbocycles. The van der Waals surface area contributed by atoms with E-state index in [4.69, 9.17) is 11.6 Å². The fraction of sp³-hybridized carbons (Fsp3) is 0.438. The van der Waals surface area contributed by atoms with E-state index in [1.54, 1.807) is 0 Å². The third-order valence-electron chi connectivity index (χ3n) is 4.15. The van der Waals surface area contributed by atoms with Crippen LogP contribution >= 0.6 is 11.6 Å². The summed E-state index contributed by atoms with van der Waals surface area (Å²) in [4.78, 5) is 6.97. The van der Waals surface area contributed by atoms with E-state index >= 15 is 0 Å². The van der Waals surface area contributed by atoms with Gasteiger partial charge in [-0.05, 0) is 51.6 Å². The Morgan fingerprint density at radius 1 is 1.20 bits per heavy atom. The van der Waals surface area contributed by atoms with Crippen molar-refractivity contribution in [2.75, 3.05) is 19.4 Å². The quantitative estimate of drug-likeness (QED) is 0.932. The van der Waals surface area contributed by atoms with Crippen molar-refractivity contribution in [1.82, 2.24) is 9.88 Å². The van der Waals surface area contributed by atoms with Crippen molar-refractivity contribution in [3.8, 4) is 0 Å². The zero-order valence-corrected chi connectivity index (χ0v) is 12.7. The first-order chi connectivity index (χ1) is 9.65. The lowest BCUT2D eigenvalue weighted by Crippen LogP contribution is -2.39. The number of hydrogen-bond acceptors (Lipinski definition) is 3. The molecule has 20 heavy (non-hydrogen) atoms. The Labute approximate surface area is 124 Å². The highest BCUT2D eigenvalue weighted by atomic mass is 35.5. The molecule has 0 radical (unpaired) electrons. The van der Waals surface area contributed by atoms with Crippen LogP contribution in [0.2, 0.25) is 5.02 Å². The zero-order valence-electron chi connectivity index (χ0n) is 11.9. The summed E-state index contributed by atoms with van der Waals surface area (Å²) in [6.45, 7) is 0. The Hall–Kier alpha value is -1.32. The molecule has 0 unspecified atom stereocenters. The van der Waals surface area contributed by atoms with Gasteiger partial charge in [0.1, 0.15) is 5.82 Å². The van der Waals surface area contributed by atoms with Crippen molar-refractivity contribution in [3.63, 3.8) is 0 Å². The Kier molecular flexibility index (Phi) is 3.81. The van der Waals surface area contributed by atoms with Crippen molar-refractivity contribution < 1.29 is 0 Å². The molecule has 3 rings (SSSR count). The van der Waals surface area contributed by atoms with Gasteiger partial charge in [0.05, 0.1) is 10.5 Å². The summed E-state index contributed by atoms with van der Waals surface area (Å²) in [7, 11) is 4.30. The fourth-order valence-electron chi connectivity index (χ4n) is 3.11. The van der Waals surface area contributed by atoms with Crippen LogP contribution in [0.4, 0.5) is 5.82 Å². The number of aromatic nitrogens is 1. The van der Waals surface area contributed by atoms with Crippen LogP contribution in [0.15, 0.2) is 30.3 Å². The maximum atomic E-state index is 6.23. The van der Waals surface area contributed by atoms with Crippen molar-refractivity contribution in [3.05, 3.63) is 35.4 Å². The summed E-state index contributed by atoms with van der Waals surface area (Å²) in [5.41, 5.74) is 0.874. The molecule has 0 bridgehead atoms. The van der Waals surface area contributed by atoms with Crippen LogP contribution in [0.5, 0.6) is 0 Å². The molecule has 2 atom stereocenters. The molecule has 1 aromatic carbocycles. The van der Waals surface area contributed by atoms with Gasteiger partial charge in [-0.1, -0.05) is 23.7 Å². The van der Waals surface area contributed by atoms with E-state index < -0.39 is 0 Å². The molecule has 106 valence electrons. The first kappa shape index (κ1) is 13.7. The summed E-state index contributed by atoms with van der Waals surface area (Å²) < 4.78 is 0. The van der Waals surface area contributed by atoms with Gasteiger partial charge in [-0.2, -0.15) is 0 Å². The molecule has 0 saturated heterocycles. The second-order valence-electron chi connectivity index (χ2n) is 5.72. The molecule has 3 nitrogen and oxygen atoms in total. The molecule has 0 amide bonds. The Balaban J connectivity index is 1.86. The number of rotatable bonds is 3. The number of hydrogen-bond donors (Lipinski definition) is 1. The van der Waals surface area contributed by atoms with E-state index in [-0.39, 0.29) is 0 Å². The van der Waals surface area contributed by atoms with Gasteiger partial charge < -0.3 is 10.2 Å². The summed E-state index contributed by atoms with van der Waals surface area (Å²) in [6.07, 6.45) is 3.72. The number of para-hydroxylation sites is 1. The van der Waals surface area contributed by atoms with Gasteiger partial charge in [-0.3, -0.25) is 0 Å². The SMILES string of the molecule is CN(C)[C@H]1CCC[C@@H]1Nc1ccc2cccc(Cl)c2n1. The third kappa shape index (κ3) is 2.60. The summed E-state index contributed by atoms with van der Waals surface area (Å²) >= 11 is 6.23. The first-order valence-corrected chi connectivity index (χ1v) is 7.51. The van der Waals surface area contributed by atoms with Crippen LogP contribution in [0.1, 0.15) is 19.3 Å². The maximum absolute atomic E-state index is 6.23. The van der Waals surface area contributed by atoms with Crippen molar-refractivity contribution >= 4 is 28.3 Å². The third-order valence-corrected chi connectivity index (χ3v) is 4.45. The number of halogens is 1. The van der Waals surface area contributed by atoms with E-state index in [1.165, 1.54) is 19.3 Å². The second kappa shape index (κ2) is 5.58. The minimum absolute atomic E-state index is 0.470. The number of nitrogens with zero attached hydrogens (tertiary/aromatic N) is 2. The van der Waals surface area contributed by atoms with E-state index in [2.05, 4.69) is 35.4 Å². The number of likely N-dealkylation sites (N-methyl/N-ethyl adjacent to an activating group) is 1. The van der Waals surface area contributed by atoms with Crippen LogP contribution < -0.4 is 5.32 Å². The topological polar surface area (TPSA) is 28.2 Å². The molecule has 1 aromatic heterocycles. The van der Waals surface area contributed by atoms with Gasteiger partial charge in [0.2, 0.25) is 0 Å². The molecule has 1 saturated carbocycles. The summed E-state index contributed by atoms with van der Waals surface area (Å²) in [5.74, 6) is 0.921. The van der Waals surface area contributed by atoms with Crippen LogP contribution in [0, 0.1) is 0 Å². The van der Waals surface area contributed by atoms with Gasteiger partial charge in [-0.25, -0.2) is 4.98 Å². The maximum Gasteiger partial charge on any atom is 0.126 e. The normalized spacial score (nSPS) is 22.6. The second-order valence-corrected chi connectivity index (χ2v) is 6.13. The van der Waals surface area contributed by atoms with E-state index in [1.807, 2.05) is 24.3 Å². The van der Waals surface area contributed by atoms with E-state index in [0.29, 0.717) is 17.1 Å². The molecular weight excluding hydrogens is 270 g/mol. The molecule has 1 aliphatic rings. The van der Waals surface area contributed by atoms with Crippen LogP contribution in [-0.2, 0) is 0 Å². The highest BCUT2D eigenvalue weighted by Crippen LogP contribution is 2.27. The molecule has 0 aliphatic heterocycles. The van der Waals surface area contributed by atoms with E-state index in [0.717, 1.165) is 16.7 Å². The highest BCUT2D eigenvalue weighted by Gasteiger charge is 2.28. The van der Waals surface area contributed by atoms with E-state index in [9.17, 15) is 0 Å². The van der Waals surface area contributed by atoms with Gasteiger partial charge in [-0.15, -0.1) is 0 Å². The fourth-order valence-corrected chi connectivity index (χ4v) is 3.33. The Morgan fingerprint density at radius 3 is 2.85 bits per heavy atom. The number of anilines is 1. The van der Waals surface area contributed by atoms with Crippen LogP contribution in [0.3, 0.4) is 0 Å². The lowest BCUT2D eigenvalue weighted by molar-refractivity contribution is 0.285. The predicted octanol–water partition coefficient (Wildman–Crippen LogP) is 3.78. The summed E-state index contributed by atoms with van der Waals surface area (Å²) in [6, 6.07) is 11.1. The van der Waals surface area contributed by atoms with Crippen LogP contribution in [-0.4, -0.2) is 36.1 Å². The minimum Gasteiger partial charge on any atom is -0.366 e. The number of fused-ring (bicyclic) bond motifs is 1. The van der Waals surface area contributed by atoms with Gasteiger partial charge in [0.15, 0.2) is 0 Å². The summed E-state index contributed by atoms with van der Waals surface area (Å²) in [5, 5.41) is 5.37. The van der Waals surface area contributed by atoms with Crippen molar-refractivity contribution in [2.45, 2.75) is 31.3 Å². The molecule has 4 heteroatoms. The van der Waals surface area contributed by atoms with Crippen molar-refractivity contribution in [1.29, 1.82) is 0 Å². The molecule has 1 N–H and O–H groups in total. The largest absolute Gasteiger partial charge is 0.366 e. The average Bonchev–Trinajstić information content (AvgIpc) is 2.88. The predicted molar refractivity (Wildman–Crippen MR) is 85.5 cm³/mol. The lowest BCUT2D eigenvalue weighted by Gasteiger charge is -2.27. The molecule has 1 fully saturated rings. The minimum atomic E-state index is 0.470. The molecule has 1 heterocycles. The Bertz CT molecular complexity index is 612. The smallest absolute Gasteiger partial charge is 0.126 e. The van der Waals surface area contributed by atoms with Crippen LogP contribution in [0.25, 0.3) is 10.9 Å². The average molecular weight is 290 g/mol. The van der Waals surface area contributed by atoms with Crippen molar-refractivity contribution in [2.24, 2.45) is 0 Å². The lowest BCUT2D eigenvalue weighted by atomic mass is 10.1. The highest BCUT2D eigenvalue weighted by molar-refractivity contribution is 6.35. The van der Waals surface area contributed by atoms with Gasteiger partial charge in [0.25, 0.3) is 0 Å². The molecule has 2 aromatic rings. The number of pyridine rings is 1. The standard InChI is InChI=1S/C16H20ClN3/c1-20(2)14-8-4-7-13(14)18-15-10-9-11-5-3-6-12(17)16(11)19-15/h3,5-6,9-10,13-14H,4,7-8H2,1-2H3,(H,18,19)/t13-,14-/m0/s1. The first-order valence-electron chi connectivity index (χ1n) is 7.13.